The molecule has 0 aliphatic rings. The zero-order chi connectivity index (χ0) is 9.26. The number of hydrogen-bond acceptors (Lipinski definition) is 4. The number of aromatic hydroxyl groups is 1. The predicted molar refractivity (Wildman–Crippen MR) is 47.8 cm³/mol. The van der Waals surface area contributed by atoms with Crippen LogP contribution >= 0.6 is 0 Å². The minimum absolute atomic E-state index is 0.00806. The van der Waals surface area contributed by atoms with Crippen LogP contribution in [0.25, 0.3) is 11.0 Å². The van der Waals surface area contributed by atoms with Gasteiger partial charge in [-0.2, -0.15) is 0 Å². The number of fused-ring (bicyclic) bond motifs is 1. The molecule has 0 aliphatic heterocycles. The molecule has 4 nitrogen and oxygen atoms in total. The van der Waals surface area contributed by atoms with Gasteiger partial charge in [0.15, 0.2) is 5.75 Å². The van der Waals surface area contributed by atoms with Crippen molar-refractivity contribution in [2.24, 2.45) is 0 Å². The van der Waals surface area contributed by atoms with Gasteiger partial charge in [-0.25, -0.2) is 4.98 Å². The van der Waals surface area contributed by atoms with Gasteiger partial charge < -0.3 is 9.84 Å². The van der Waals surface area contributed by atoms with Crippen molar-refractivity contribution in [3.8, 4) is 11.6 Å². The van der Waals surface area contributed by atoms with Crippen LogP contribution in [0.15, 0.2) is 24.4 Å². The lowest BCUT2D eigenvalue weighted by molar-refractivity contribution is 0.360. The van der Waals surface area contributed by atoms with Crippen molar-refractivity contribution < 1.29 is 9.84 Å². The highest BCUT2D eigenvalue weighted by Crippen LogP contribution is 2.25. The molecule has 0 saturated carbocycles. The Hall–Kier alpha value is -1.84. The van der Waals surface area contributed by atoms with E-state index < -0.39 is 0 Å². The summed E-state index contributed by atoms with van der Waals surface area (Å²) in [7, 11) is 1.46. The van der Waals surface area contributed by atoms with Crippen molar-refractivity contribution >= 4 is 11.0 Å². The third-order valence-electron chi connectivity index (χ3n) is 1.72. The molecule has 0 amide bonds. The first-order valence-electron chi connectivity index (χ1n) is 3.80. The number of methoxy groups -OCH3 is 1. The summed E-state index contributed by atoms with van der Waals surface area (Å²) in [5.41, 5.74) is 1.36. The first kappa shape index (κ1) is 7.79. The first-order chi connectivity index (χ1) is 6.31. The Bertz CT molecular complexity index is 443. The van der Waals surface area contributed by atoms with Gasteiger partial charge in [0.25, 0.3) is 5.88 Å². The lowest BCUT2D eigenvalue weighted by Gasteiger charge is -2.02. The second-order valence-electron chi connectivity index (χ2n) is 2.56. The molecule has 0 bridgehead atoms. The van der Waals surface area contributed by atoms with Crippen molar-refractivity contribution in [1.82, 2.24) is 9.97 Å². The zero-order valence-corrected chi connectivity index (χ0v) is 7.06. The smallest absolute Gasteiger partial charge is 0.257 e. The van der Waals surface area contributed by atoms with Crippen LogP contribution in [0.4, 0.5) is 0 Å². The molecule has 0 spiro atoms. The van der Waals surface area contributed by atoms with Gasteiger partial charge in [-0.05, 0) is 12.1 Å². The standard InChI is InChI=1S/C9H8N2O2/c1-13-9-8(12)5-7-6(11-9)3-2-4-10-7/h2-5,12H,1H3. The van der Waals surface area contributed by atoms with Crippen molar-refractivity contribution in [3.63, 3.8) is 0 Å². The Morgan fingerprint density at radius 1 is 1.38 bits per heavy atom. The Morgan fingerprint density at radius 2 is 2.23 bits per heavy atom. The Balaban J connectivity index is 2.74. The summed E-state index contributed by atoms with van der Waals surface area (Å²) in [5, 5.41) is 9.38. The van der Waals surface area contributed by atoms with Crippen LogP contribution in [0.3, 0.4) is 0 Å². The van der Waals surface area contributed by atoms with Gasteiger partial charge in [0, 0.05) is 12.3 Å². The van der Waals surface area contributed by atoms with Crippen molar-refractivity contribution in [1.29, 1.82) is 0 Å². The van der Waals surface area contributed by atoms with E-state index in [0.29, 0.717) is 11.0 Å². The molecule has 0 unspecified atom stereocenters. The second-order valence-corrected chi connectivity index (χ2v) is 2.56. The maximum Gasteiger partial charge on any atom is 0.257 e. The zero-order valence-electron chi connectivity index (χ0n) is 7.06. The average Bonchev–Trinajstić information content (AvgIpc) is 2.17. The summed E-state index contributed by atoms with van der Waals surface area (Å²) in [6.07, 6.45) is 1.65. The molecule has 13 heavy (non-hydrogen) atoms. The molecule has 0 fully saturated rings. The molecule has 0 aromatic carbocycles. The van der Waals surface area contributed by atoms with Crippen LogP contribution in [0.1, 0.15) is 0 Å². The molecule has 66 valence electrons. The molecule has 2 rings (SSSR count). The van der Waals surface area contributed by atoms with E-state index in [2.05, 4.69) is 9.97 Å². The van der Waals surface area contributed by atoms with Gasteiger partial charge in [0.05, 0.1) is 18.1 Å². The highest BCUT2D eigenvalue weighted by molar-refractivity contribution is 5.76. The lowest BCUT2D eigenvalue weighted by atomic mass is 10.3. The van der Waals surface area contributed by atoms with Crippen LogP contribution < -0.4 is 4.74 Å². The number of hydrogen-bond donors (Lipinski definition) is 1. The van der Waals surface area contributed by atoms with Crippen LogP contribution in [-0.4, -0.2) is 22.2 Å². The monoisotopic (exact) mass is 176 g/mol. The SMILES string of the molecule is COc1nc2cccnc2cc1O. The summed E-state index contributed by atoms with van der Waals surface area (Å²) >= 11 is 0. The number of nitrogens with zero attached hydrogens (tertiary/aromatic N) is 2. The maximum atomic E-state index is 9.38. The summed E-state index contributed by atoms with van der Waals surface area (Å²) in [6.45, 7) is 0. The fourth-order valence-corrected chi connectivity index (χ4v) is 1.12. The summed E-state index contributed by atoms with van der Waals surface area (Å²) < 4.78 is 4.86. The number of aromatic nitrogens is 2. The summed E-state index contributed by atoms with van der Waals surface area (Å²) in [5.74, 6) is 0.231. The van der Waals surface area contributed by atoms with E-state index in [1.165, 1.54) is 13.2 Å². The Kier molecular flexibility index (Phi) is 1.73. The van der Waals surface area contributed by atoms with Gasteiger partial charge in [0.2, 0.25) is 0 Å². The van der Waals surface area contributed by atoms with Crippen LogP contribution in [0.5, 0.6) is 11.6 Å². The van der Waals surface area contributed by atoms with E-state index in [1.54, 1.807) is 12.3 Å². The Morgan fingerprint density at radius 3 is 3.00 bits per heavy atom. The average molecular weight is 176 g/mol. The van der Waals surface area contributed by atoms with Gasteiger partial charge in [0.1, 0.15) is 0 Å². The van der Waals surface area contributed by atoms with Crippen molar-refractivity contribution in [3.05, 3.63) is 24.4 Å². The summed E-state index contributed by atoms with van der Waals surface area (Å²) in [4.78, 5) is 8.10. The molecular weight excluding hydrogens is 168 g/mol. The van der Waals surface area contributed by atoms with E-state index in [0.717, 1.165) is 0 Å². The van der Waals surface area contributed by atoms with E-state index in [-0.39, 0.29) is 11.6 Å². The van der Waals surface area contributed by atoms with Crippen molar-refractivity contribution in [2.45, 2.75) is 0 Å². The number of ether oxygens (including phenoxy) is 1. The molecule has 4 heteroatoms. The molecule has 1 N–H and O–H groups in total. The topological polar surface area (TPSA) is 55.2 Å². The van der Waals surface area contributed by atoms with E-state index in [9.17, 15) is 5.11 Å². The molecule has 0 saturated heterocycles. The van der Waals surface area contributed by atoms with E-state index in [1.807, 2.05) is 6.07 Å². The van der Waals surface area contributed by atoms with Gasteiger partial charge >= 0.3 is 0 Å². The molecule has 2 heterocycles. The molecule has 0 radical (unpaired) electrons. The third kappa shape index (κ3) is 1.26. The summed E-state index contributed by atoms with van der Waals surface area (Å²) in [6, 6.07) is 5.12. The fourth-order valence-electron chi connectivity index (χ4n) is 1.12. The fraction of sp³-hybridized carbons (Fsp3) is 0.111. The molecule has 0 aliphatic carbocycles. The lowest BCUT2D eigenvalue weighted by Crippen LogP contribution is -1.89. The molecule has 2 aromatic heterocycles. The maximum absolute atomic E-state index is 9.38. The first-order valence-corrected chi connectivity index (χ1v) is 3.80. The van der Waals surface area contributed by atoms with Crippen LogP contribution in [-0.2, 0) is 0 Å². The van der Waals surface area contributed by atoms with Crippen LogP contribution in [0, 0.1) is 0 Å². The normalized spacial score (nSPS) is 10.2. The highest BCUT2D eigenvalue weighted by Gasteiger charge is 2.04. The largest absolute Gasteiger partial charge is 0.503 e. The van der Waals surface area contributed by atoms with Gasteiger partial charge in [-0.3, -0.25) is 4.98 Å². The number of pyridine rings is 2. The minimum atomic E-state index is 0.00806. The number of rotatable bonds is 1. The Labute approximate surface area is 74.8 Å². The van der Waals surface area contributed by atoms with Gasteiger partial charge in [-0.15, -0.1) is 0 Å². The third-order valence-corrected chi connectivity index (χ3v) is 1.72. The predicted octanol–water partition coefficient (Wildman–Crippen LogP) is 1.34. The minimum Gasteiger partial charge on any atom is -0.503 e. The van der Waals surface area contributed by atoms with Crippen molar-refractivity contribution in [2.75, 3.05) is 7.11 Å². The molecule has 0 atom stereocenters. The van der Waals surface area contributed by atoms with Crippen LogP contribution in [0.2, 0.25) is 0 Å². The molecule has 2 aromatic rings. The molecular formula is C9H8N2O2. The quantitative estimate of drug-likeness (QED) is 0.712. The van der Waals surface area contributed by atoms with E-state index >= 15 is 0 Å². The highest BCUT2D eigenvalue weighted by atomic mass is 16.5. The second kappa shape index (κ2) is 2.90. The van der Waals surface area contributed by atoms with Gasteiger partial charge in [-0.1, -0.05) is 0 Å². The van der Waals surface area contributed by atoms with E-state index in [4.69, 9.17) is 4.74 Å².